The summed E-state index contributed by atoms with van der Waals surface area (Å²) in [5.74, 6) is -0.175. The number of benzene rings is 1. The molecule has 1 N–H and O–H groups in total. The van der Waals surface area contributed by atoms with Crippen LogP contribution in [0.1, 0.15) is 31.2 Å². The molecule has 0 bridgehead atoms. The Balaban J connectivity index is 1.38. The average Bonchev–Trinajstić information content (AvgIpc) is 3.09. The number of morpholine rings is 1. The van der Waals surface area contributed by atoms with Crippen molar-refractivity contribution in [2.75, 3.05) is 19.8 Å². The van der Waals surface area contributed by atoms with Crippen LogP contribution in [0.3, 0.4) is 0 Å². The molecule has 2 heterocycles. The second-order valence-corrected chi connectivity index (χ2v) is 7.37. The molecule has 0 spiro atoms. The van der Waals surface area contributed by atoms with Gasteiger partial charge in [-0.15, -0.1) is 0 Å². The highest BCUT2D eigenvalue weighted by Crippen LogP contribution is 2.20. The van der Waals surface area contributed by atoms with E-state index in [0.717, 1.165) is 24.9 Å². The molecule has 1 saturated heterocycles. The third-order valence-electron chi connectivity index (χ3n) is 5.34. The van der Waals surface area contributed by atoms with Crippen LogP contribution in [0.2, 0.25) is 0 Å². The van der Waals surface area contributed by atoms with Gasteiger partial charge in [-0.1, -0.05) is 6.07 Å². The molecule has 6 nitrogen and oxygen atoms in total. The molecule has 2 fully saturated rings. The summed E-state index contributed by atoms with van der Waals surface area (Å²) in [6.45, 7) is 2.71. The number of hydrogen-bond donors (Lipinski definition) is 1. The number of carbonyl (C=O) groups excluding carboxylic acids is 1. The molecule has 1 amide bonds. The van der Waals surface area contributed by atoms with Gasteiger partial charge in [-0.05, 0) is 37.5 Å². The minimum absolute atomic E-state index is 0.0661. The van der Waals surface area contributed by atoms with Gasteiger partial charge >= 0.3 is 0 Å². The first kappa shape index (κ1) is 18.1. The smallest absolute Gasteiger partial charge is 0.221 e. The van der Waals surface area contributed by atoms with Crippen LogP contribution in [0, 0.1) is 5.82 Å². The van der Waals surface area contributed by atoms with E-state index in [0.29, 0.717) is 37.9 Å². The standard InChI is InChI=1S/C20H25FN4O2/c21-16-3-1-6-18(9-16)25-13-15(11-22-25)12-24-7-8-27-14-19(24)10-20(26)23-17-4-2-5-17/h1,3,6,9,11,13,17,19H,2,4-5,7-8,10,12,14H2,(H,23,26)/t19-/m1/s1. The van der Waals surface area contributed by atoms with E-state index in [1.807, 2.05) is 12.3 Å². The zero-order valence-electron chi connectivity index (χ0n) is 15.3. The summed E-state index contributed by atoms with van der Waals surface area (Å²) in [6, 6.07) is 6.80. The Hall–Kier alpha value is -2.25. The van der Waals surface area contributed by atoms with E-state index in [-0.39, 0.29) is 17.8 Å². The molecule has 2 aliphatic rings. The van der Waals surface area contributed by atoms with Crippen LogP contribution < -0.4 is 5.32 Å². The van der Waals surface area contributed by atoms with Gasteiger partial charge < -0.3 is 10.1 Å². The van der Waals surface area contributed by atoms with Crippen LogP contribution in [0.5, 0.6) is 0 Å². The van der Waals surface area contributed by atoms with E-state index < -0.39 is 0 Å². The maximum Gasteiger partial charge on any atom is 0.221 e. The summed E-state index contributed by atoms with van der Waals surface area (Å²) < 4.78 is 20.7. The zero-order chi connectivity index (χ0) is 18.6. The molecule has 2 aromatic rings. The summed E-state index contributed by atoms with van der Waals surface area (Å²) in [5, 5.41) is 7.46. The number of nitrogens with zero attached hydrogens (tertiary/aromatic N) is 3. The van der Waals surface area contributed by atoms with E-state index >= 15 is 0 Å². The second kappa shape index (κ2) is 8.19. The quantitative estimate of drug-likeness (QED) is 0.845. The minimum Gasteiger partial charge on any atom is -0.378 e. The van der Waals surface area contributed by atoms with Crippen LogP contribution in [-0.4, -0.2) is 52.4 Å². The fraction of sp³-hybridized carbons (Fsp3) is 0.500. The SMILES string of the molecule is O=C(C[C@@H]1COCCN1Cc1cnn(-c2cccc(F)c2)c1)NC1CCC1. The van der Waals surface area contributed by atoms with Gasteiger partial charge in [-0.3, -0.25) is 9.69 Å². The molecular formula is C20H25FN4O2. The normalized spacial score (nSPS) is 21.0. The van der Waals surface area contributed by atoms with Gasteiger partial charge in [0.2, 0.25) is 5.91 Å². The molecule has 1 aliphatic carbocycles. The monoisotopic (exact) mass is 372 g/mol. The van der Waals surface area contributed by atoms with Gasteiger partial charge in [0.05, 0.1) is 25.1 Å². The maximum atomic E-state index is 13.4. The molecule has 7 heteroatoms. The Bertz CT molecular complexity index is 790. The topological polar surface area (TPSA) is 59.4 Å². The highest BCUT2D eigenvalue weighted by atomic mass is 19.1. The van der Waals surface area contributed by atoms with E-state index in [1.165, 1.54) is 18.6 Å². The van der Waals surface area contributed by atoms with Crippen molar-refractivity contribution in [2.24, 2.45) is 0 Å². The van der Waals surface area contributed by atoms with E-state index in [9.17, 15) is 9.18 Å². The first-order valence-corrected chi connectivity index (χ1v) is 9.58. The summed E-state index contributed by atoms with van der Waals surface area (Å²) >= 11 is 0. The predicted octanol–water partition coefficient (Wildman–Crippen LogP) is 2.27. The highest BCUT2D eigenvalue weighted by Gasteiger charge is 2.27. The van der Waals surface area contributed by atoms with Gasteiger partial charge in [-0.25, -0.2) is 9.07 Å². The highest BCUT2D eigenvalue weighted by molar-refractivity contribution is 5.77. The van der Waals surface area contributed by atoms with Crippen molar-refractivity contribution < 1.29 is 13.9 Å². The first-order chi connectivity index (χ1) is 13.2. The average molecular weight is 372 g/mol. The number of rotatable bonds is 6. The number of aromatic nitrogens is 2. The molecule has 4 rings (SSSR count). The summed E-state index contributed by atoms with van der Waals surface area (Å²) in [5.41, 5.74) is 1.73. The zero-order valence-corrected chi connectivity index (χ0v) is 15.3. The molecule has 1 aromatic heterocycles. The number of carbonyl (C=O) groups is 1. The molecule has 1 saturated carbocycles. The molecule has 27 heavy (non-hydrogen) atoms. The Morgan fingerprint density at radius 1 is 1.37 bits per heavy atom. The summed E-state index contributed by atoms with van der Waals surface area (Å²) in [7, 11) is 0. The van der Waals surface area contributed by atoms with Crippen LogP contribution >= 0.6 is 0 Å². The number of hydrogen-bond acceptors (Lipinski definition) is 4. The Morgan fingerprint density at radius 3 is 3.04 bits per heavy atom. The Labute approximate surface area is 158 Å². The molecule has 1 atom stereocenters. The van der Waals surface area contributed by atoms with Gasteiger partial charge in [0.1, 0.15) is 5.82 Å². The van der Waals surface area contributed by atoms with Crippen molar-refractivity contribution in [1.29, 1.82) is 0 Å². The lowest BCUT2D eigenvalue weighted by molar-refractivity contribution is -0.125. The van der Waals surface area contributed by atoms with Crippen molar-refractivity contribution in [3.05, 3.63) is 48.0 Å². The number of halogens is 1. The van der Waals surface area contributed by atoms with E-state index in [4.69, 9.17) is 4.74 Å². The van der Waals surface area contributed by atoms with Crippen LogP contribution in [0.15, 0.2) is 36.7 Å². The predicted molar refractivity (Wildman–Crippen MR) is 98.9 cm³/mol. The molecule has 0 radical (unpaired) electrons. The molecule has 1 aliphatic heterocycles. The lowest BCUT2D eigenvalue weighted by Crippen LogP contribution is -2.48. The third kappa shape index (κ3) is 4.54. The van der Waals surface area contributed by atoms with Gasteiger partial charge in [0, 0.05) is 43.4 Å². The lowest BCUT2D eigenvalue weighted by Gasteiger charge is -2.35. The van der Waals surface area contributed by atoms with Crippen LogP contribution in [0.25, 0.3) is 5.69 Å². The molecule has 1 aromatic carbocycles. The van der Waals surface area contributed by atoms with Gasteiger partial charge in [0.15, 0.2) is 0 Å². The lowest BCUT2D eigenvalue weighted by atomic mass is 9.93. The second-order valence-electron chi connectivity index (χ2n) is 7.37. The maximum absolute atomic E-state index is 13.4. The number of nitrogens with one attached hydrogen (secondary N) is 1. The Morgan fingerprint density at radius 2 is 2.26 bits per heavy atom. The van der Waals surface area contributed by atoms with Crippen molar-refractivity contribution in [2.45, 2.75) is 44.3 Å². The van der Waals surface area contributed by atoms with Gasteiger partial charge in [-0.2, -0.15) is 5.10 Å². The summed E-state index contributed by atoms with van der Waals surface area (Å²) in [6.07, 6.45) is 7.56. The largest absolute Gasteiger partial charge is 0.378 e. The van der Waals surface area contributed by atoms with Gasteiger partial charge in [0.25, 0.3) is 0 Å². The number of ether oxygens (including phenoxy) is 1. The fourth-order valence-corrected chi connectivity index (χ4v) is 3.57. The van der Waals surface area contributed by atoms with Crippen molar-refractivity contribution in [1.82, 2.24) is 20.0 Å². The van der Waals surface area contributed by atoms with Crippen LogP contribution in [0.4, 0.5) is 4.39 Å². The third-order valence-corrected chi connectivity index (χ3v) is 5.34. The van der Waals surface area contributed by atoms with Crippen molar-refractivity contribution in [3.63, 3.8) is 0 Å². The van der Waals surface area contributed by atoms with Crippen LogP contribution in [-0.2, 0) is 16.1 Å². The van der Waals surface area contributed by atoms with Crippen molar-refractivity contribution >= 4 is 5.91 Å². The van der Waals surface area contributed by atoms with E-state index in [1.54, 1.807) is 16.9 Å². The molecule has 0 unspecified atom stereocenters. The summed E-state index contributed by atoms with van der Waals surface area (Å²) in [4.78, 5) is 14.6. The number of amides is 1. The fourth-order valence-electron chi connectivity index (χ4n) is 3.57. The Kier molecular flexibility index (Phi) is 5.50. The van der Waals surface area contributed by atoms with E-state index in [2.05, 4.69) is 15.3 Å². The van der Waals surface area contributed by atoms with Crippen molar-refractivity contribution in [3.8, 4) is 5.69 Å². The molecular weight excluding hydrogens is 347 g/mol. The minimum atomic E-state index is -0.282. The molecule has 144 valence electrons. The first-order valence-electron chi connectivity index (χ1n) is 9.58.